The monoisotopic (exact) mass is 389 g/mol. The Labute approximate surface area is 159 Å². The van der Waals surface area contributed by atoms with Crippen LogP contribution in [0.1, 0.15) is 13.3 Å². The maximum atomic E-state index is 11.2. The number of pyridine rings is 1. The van der Waals surface area contributed by atoms with E-state index in [1.807, 2.05) is 24.3 Å². The number of nitrogens with zero attached hydrogens (tertiary/aromatic N) is 2. The Morgan fingerprint density at radius 1 is 1.38 bits per heavy atom. The van der Waals surface area contributed by atoms with Gasteiger partial charge in [-0.25, -0.2) is 9.97 Å². The summed E-state index contributed by atoms with van der Waals surface area (Å²) in [6.45, 7) is 2.74. The van der Waals surface area contributed by atoms with Gasteiger partial charge in [-0.2, -0.15) is 0 Å². The second-order valence-electron chi connectivity index (χ2n) is 6.00. The molecule has 8 heteroatoms. The highest BCUT2D eigenvalue weighted by molar-refractivity contribution is 7.22. The van der Waals surface area contributed by atoms with Gasteiger partial charge in [-0.15, -0.1) is 0 Å². The van der Waals surface area contributed by atoms with Gasteiger partial charge in [0.1, 0.15) is 6.10 Å². The predicted octanol–water partition coefficient (Wildman–Crippen LogP) is 4.14. The lowest BCUT2D eigenvalue weighted by atomic mass is 10.1. The summed E-state index contributed by atoms with van der Waals surface area (Å²) in [5.41, 5.74) is 2.72. The van der Waals surface area contributed by atoms with Crippen LogP contribution in [0.15, 0.2) is 30.5 Å². The molecule has 0 saturated carbocycles. The third-order valence-corrected chi connectivity index (χ3v) is 5.21. The molecule has 6 nitrogen and oxygen atoms in total. The summed E-state index contributed by atoms with van der Waals surface area (Å²) in [5, 5.41) is 3.64. The van der Waals surface area contributed by atoms with E-state index < -0.39 is 0 Å². The first kappa shape index (κ1) is 17.2. The van der Waals surface area contributed by atoms with E-state index in [4.69, 9.17) is 21.1 Å². The quantitative estimate of drug-likeness (QED) is 0.679. The zero-order valence-electron chi connectivity index (χ0n) is 14.0. The van der Waals surface area contributed by atoms with Crippen molar-refractivity contribution in [3.8, 4) is 16.9 Å². The molecule has 0 bridgehead atoms. The van der Waals surface area contributed by atoms with Gasteiger partial charge in [-0.3, -0.25) is 4.79 Å². The summed E-state index contributed by atoms with van der Waals surface area (Å²) in [7, 11) is 0. The van der Waals surface area contributed by atoms with E-state index in [9.17, 15) is 4.79 Å². The standard InChI is InChI=1S/C18H16ClN3O3S/c1-10(23)21-18-22-14-3-2-11(7-16(14)26-18)12-6-15(17(19)20-8-12)25-13-4-5-24-9-13/h2-3,6-8,13H,4-5,9H2,1H3,(H,21,22,23)/t13-/m0/s1. The molecule has 1 amide bonds. The number of thiazole rings is 1. The number of rotatable bonds is 4. The summed E-state index contributed by atoms with van der Waals surface area (Å²) in [4.78, 5) is 19.9. The van der Waals surface area contributed by atoms with Gasteiger partial charge in [-0.05, 0) is 23.8 Å². The Kier molecular flexibility index (Phi) is 4.76. The van der Waals surface area contributed by atoms with Gasteiger partial charge >= 0.3 is 0 Å². The smallest absolute Gasteiger partial charge is 0.223 e. The van der Waals surface area contributed by atoms with Crippen molar-refractivity contribution in [1.29, 1.82) is 0 Å². The summed E-state index contributed by atoms with van der Waals surface area (Å²) >= 11 is 7.61. The summed E-state index contributed by atoms with van der Waals surface area (Å²) in [6.07, 6.45) is 2.57. The van der Waals surface area contributed by atoms with Crippen LogP contribution < -0.4 is 10.1 Å². The molecule has 1 saturated heterocycles. The van der Waals surface area contributed by atoms with Crippen LogP contribution in [-0.2, 0) is 9.53 Å². The number of amides is 1. The van der Waals surface area contributed by atoms with Gasteiger partial charge in [0.15, 0.2) is 16.0 Å². The van der Waals surface area contributed by atoms with E-state index in [-0.39, 0.29) is 12.0 Å². The molecule has 1 fully saturated rings. The Morgan fingerprint density at radius 2 is 2.27 bits per heavy atom. The van der Waals surface area contributed by atoms with Crippen molar-refractivity contribution < 1.29 is 14.3 Å². The first-order valence-corrected chi connectivity index (χ1v) is 9.36. The minimum atomic E-state index is -0.135. The highest BCUT2D eigenvalue weighted by Gasteiger charge is 2.19. The Bertz CT molecular complexity index is 969. The first-order chi connectivity index (χ1) is 12.6. The lowest BCUT2D eigenvalue weighted by Gasteiger charge is -2.13. The molecule has 26 heavy (non-hydrogen) atoms. The van der Waals surface area contributed by atoms with Crippen molar-refractivity contribution in [2.45, 2.75) is 19.4 Å². The van der Waals surface area contributed by atoms with Crippen LogP contribution in [0.25, 0.3) is 21.3 Å². The lowest BCUT2D eigenvalue weighted by molar-refractivity contribution is -0.114. The van der Waals surface area contributed by atoms with Crippen molar-refractivity contribution >= 4 is 44.2 Å². The summed E-state index contributed by atoms with van der Waals surface area (Å²) < 4.78 is 12.2. The SMILES string of the molecule is CC(=O)Nc1nc2ccc(-c3cnc(Cl)c(O[C@H]4CCOC4)c3)cc2s1. The van der Waals surface area contributed by atoms with Gasteiger partial charge in [0.25, 0.3) is 0 Å². The molecule has 1 aliphatic heterocycles. The number of hydrogen-bond donors (Lipinski definition) is 1. The number of halogens is 1. The average molecular weight is 390 g/mol. The number of benzene rings is 1. The molecular formula is C18H16ClN3O3S. The molecular weight excluding hydrogens is 374 g/mol. The highest BCUT2D eigenvalue weighted by Crippen LogP contribution is 2.33. The van der Waals surface area contributed by atoms with Crippen LogP contribution in [0.4, 0.5) is 5.13 Å². The van der Waals surface area contributed by atoms with E-state index >= 15 is 0 Å². The zero-order valence-corrected chi connectivity index (χ0v) is 15.6. The number of anilines is 1. The van der Waals surface area contributed by atoms with E-state index in [0.717, 1.165) is 27.8 Å². The van der Waals surface area contributed by atoms with E-state index in [2.05, 4.69) is 15.3 Å². The number of aromatic nitrogens is 2. The van der Waals surface area contributed by atoms with E-state index in [1.165, 1.54) is 18.3 Å². The number of ether oxygens (including phenoxy) is 2. The molecule has 1 aromatic carbocycles. The Hall–Kier alpha value is -2.22. The topological polar surface area (TPSA) is 73.3 Å². The van der Waals surface area contributed by atoms with Crippen LogP contribution in [0, 0.1) is 0 Å². The minimum absolute atomic E-state index is 0.00809. The average Bonchev–Trinajstić information content (AvgIpc) is 3.24. The zero-order chi connectivity index (χ0) is 18.1. The molecule has 0 unspecified atom stereocenters. The molecule has 134 valence electrons. The molecule has 1 atom stereocenters. The number of fused-ring (bicyclic) bond motifs is 1. The van der Waals surface area contributed by atoms with Crippen LogP contribution in [0.2, 0.25) is 5.15 Å². The molecule has 0 radical (unpaired) electrons. The Balaban J connectivity index is 1.64. The fourth-order valence-corrected chi connectivity index (χ4v) is 3.86. The number of carbonyl (C=O) groups is 1. The second kappa shape index (κ2) is 7.19. The molecule has 1 N–H and O–H groups in total. The van der Waals surface area contributed by atoms with Gasteiger partial charge in [0.05, 0.1) is 23.4 Å². The van der Waals surface area contributed by atoms with E-state index in [1.54, 1.807) is 6.20 Å². The molecule has 4 rings (SSSR count). The fraction of sp³-hybridized carbons (Fsp3) is 0.278. The van der Waals surface area contributed by atoms with Crippen LogP contribution in [0.5, 0.6) is 5.75 Å². The second-order valence-corrected chi connectivity index (χ2v) is 7.39. The largest absolute Gasteiger partial charge is 0.485 e. The Morgan fingerprint density at radius 3 is 3.04 bits per heavy atom. The number of nitrogens with one attached hydrogen (secondary N) is 1. The van der Waals surface area contributed by atoms with Gasteiger partial charge in [0, 0.05) is 25.1 Å². The summed E-state index contributed by atoms with van der Waals surface area (Å²) in [6, 6.07) is 7.80. The van der Waals surface area contributed by atoms with Crippen LogP contribution >= 0.6 is 22.9 Å². The summed E-state index contributed by atoms with van der Waals surface area (Å²) in [5.74, 6) is 0.423. The van der Waals surface area contributed by atoms with Crippen molar-refractivity contribution in [3.63, 3.8) is 0 Å². The molecule has 2 aromatic heterocycles. The maximum Gasteiger partial charge on any atom is 0.223 e. The van der Waals surface area contributed by atoms with Crippen LogP contribution in [-0.4, -0.2) is 35.2 Å². The molecule has 3 heterocycles. The van der Waals surface area contributed by atoms with Crippen molar-refractivity contribution in [2.24, 2.45) is 0 Å². The van der Waals surface area contributed by atoms with Gasteiger partial charge in [-0.1, -0.05) is 29.0 Å². The van der Waals surface area contributed by atoms with Crippen molar-refractivity contribution in [1.82, 2.24) is 9.97 Å². The van der Waals surface area contributed by atoms with Gasteiger partial charge in [0.2, 0.25) is 5.91 Å². The fourth-order valence-electron chi connectivity index (χ4n) is 2.76. The number of carbonyl (C=O) groups excluding carboxylic acids is 1. The molecule has 0 aliphatic carbocycles. The number of hydrogen-bond acceptors (Lipinski definition) is 6. The normalized spacial score (nSPS) is 16.8. The lowest BCUT2D eigenvalue weighted by Crippen LogP contribution is -2.16. The van der Waals surface area contributed by atoms with Crippen LogP contribution in [0.3, 0.4) is 0 Å². The maximum absolute atomic E-state index is 11.2. The minimum Gasteiger partial charge on any atom is -0.485 e. The first-order valence-electron chi connectivity index (χ1n) is 8.17. The predicted molar refractivity (Wildman–Crippen MR) is 102 cm³/mol. The van der Waals surface area contributed by atoms with Crippen molar-refractivity contribution in [3.05, 3.63) is 35.6 Å². The molecule has 1 aliphatic rings. The third-order valence-electron chi connectivity index (χ3n) is 3.99. The van der Waals surface area contributed by atoms with Gasteiger partial charge < -0.3 is 14.8 Å². The molecule has 0 spiro atoms. The van der Waals surface area contributed by atoms with E-state index in [0.29, 0.717) is 29.2 Å². The molecule has 3 aromatic rings. The third kappa shape index (κ3) is 3.65. The van der Waals surface area contributed by atoms with Crippen molar-refractivity contribution in [2.75, 3.05) is 18.5 Å². The highest BCUT2D eigenvalue weighted by atomic mass is 35.5.